The highest BCUT2D eigenvalue weighted by atomic mass is 16.4. The van der Waals surface area contributed by atoms with Gasteiger partial charge in [-0.25, -0.2) is 0 Å². The molecule has 0 bridgehead atoms. The van der Waals surface area contributed by atoms with Crippen molar-refractivity contribution in [2.45, 2.75) is 45.6 Å². The summed E-state index contributed by atoms with van der Waals surface area (Å²) < 4.78 is 0. The Morgan fingerprint density at radius 3 is 2.46 bits per heavy atom. The van der Waals surface area contributed by atoms with Gasteiger partial charge in [0.25, 0.3) is 0 Å². The fourth-order valence-corrected chi connectivity index (χ4v) is 0.911. The van der Waals surface area contributed by atoms with Gasteiger partial charge in [0.2, 0.25) is 5.91 Å². The number of aliphatic carboxylic acids is 1. The Morgan fingerprint density at radius 1 is 1.38 bits per heavy atom. The minimum absolute atomic E-state index is 0.177. The van der Waals surface area contributed by atoms with Gasteiger partial charge in [-0.3, -0.25) is 9.59 Å². The zero-order chi connectivity index (χ0) is 10.3. The lowest BCUT2D eigenvalue weighted by Gasteiger charge is -2.08. The Labute approximate surface area is 78.3 Å². The average molecular weight is 187 g/mol. The zero-order valence-electron chi connectivity index (χ0n) is 8.17. The smallest absolute Gasteiger partial charge is 0.325 e. The molecule has 4 nitrogen and oxygen atoms in total. The zero-order valence-corrected chi connectivity index (χ0v) is 8.17. The molecule has 0 aromatic carbocycles. The van der Waals surface area contributed by atoms with Crippen LogP contribution in [0.3, 0.4) is 0 Å². The highest BCUT2D eigenvalue weighted by Crippen LogP contribution is 1.98. The van der Waals surface area contributed by atoms with E-state index in [-0.39, 0.29) is 5.91 Å². The summed E-state index contributed by atoms with van der Waals surface area (Å²) in [6, 6.07) is -0.783. The van der Waals surface area contributed by atoms with Gasteiger partial charge in [0.1, 0.15) is 6.04 Å². The largest absolute Gasteiger partial charge is 0.480 e. The lowest BCUT2D eigenvalue weighted by Crippen LogP contribution is -2.38. The van der Waals surface area contributed by atoms with E-state index in [0.717, 1.165) is 19.3 Å². The lowest BCUT2D eigenvalue weighted by molar-refractivity contribution is -0.141. The van der Waals surface area contributed by atoms with Gasteiger partial charge >= 0.3 is 5.97 Å². The Bertz CT molecular complexity index is 180. The summed E-state index contributed by atoms with van der Waals surface area (Å²) in [5.41, 5.74) is 0. The summed E-state index contributed by atoms with van der Waals surface area (Å²) in [5, 5.41) is 10.9. The van der Waals surface area contributed by atoms with E-state index in [0.29, 0.717) is 6.42 Å². The number of carboxylic acid groups (broad SMARTS) is 1. The van der Waals surface area contributed by atoms with Crippen LogP contribution in [0.4, 0.5) is 0 Å². The number of hydrogen-bond acceptors (Lipinski definition) is 2. The molecule has 0 aromatic heterocycles. The molecule has 0 aliphatic heterocycles. The maximum atomic E-state index is 11.1. The average Bonchev–Trinajstić information content (AvgIpc) is 2.04. The van der Waals surface area contributed by atoms with Crippen molar-refractivity contribution in [1.29, 1.82) is 0 Å². The molecule has 0 fully saturated rings. The Morgan fingerprint density at radius 2 is 2.00 bits per heavy atom. The number of amides is 1. The van der Waals surface area contributed by atoms with Gasteiger partial charge in [0.05, 0.1) is 0 Å². The van der Waals surface area contributed by atoms with Crippen LogP contribution >= 0.6 is 0 Å². The minimum atomic E-state index is -0.996. The minimum Gasteiger partial charge on any atom is -0.480 e. The Kier molecular flexibility index (Phi) is 5.93. The van der Waals surface area contributed by atoms with Gasteiger partial charge in [0.15, 0.2) is 0 Å². The number of carboxylic acids is 1. The van der Waals surface area contributed by atoms with Crippen molar-refractivity contribution in [2.75, 3.05) is 0 Å². The van der Waals surface area contributed by atoms with E-state index in [9.17, 15) is 9.59 Å². The first-order chi connectivity index (χ1) is 6.07. The van der Waals surface area contributed by atoms with Crippen molar-refractivity contribution in [3.8, 4) is 0 Å². The molecule has 2 N–H and O–H groups in total. The van der Waals surface area contributed by atoms with Gasteiger partial charge in [-0.1, -0.05) is 19.8 Å². The summed E-state index contributed by atoms with van der Waals surface area (Å²) in [5.74, 6) is -1.17. The van der Waals surface area contributed by atoms with E-state index in [2.05, 4.69) is 12.2 Å². The summed E-state index contributed by atoms with van der Waals surface area (Å²) in [4.78, 5) is 21.4. The molecule has 0 heterocycles. The van der Waals surface area contributed by atoms with Crippen molar-refractivity contribution in [1.82, 2.24) is 5.32 Å². The molecule has 76 valence electrons. The van der Waals surface area contributed by atoms with Crippen molar-refractivity contribution in [2.24, 2.45) is 0 Å². The molecule has 0 aromatic rings. The van der Waals surface area contributed by atoms with Gasteiger partial charge in [0, 0.05) is 6.42 Å². The number of carbonyl (C=O) groups is 2. The molecule has 0 saturated carbocycles. The topological polar surface area (TPSA) is 66.4 Å². The standard InChI is InChI=1S/C9H17NO3/c1-3-4-5-6-8(11)10-7(2)9(12)13/h7H,3-6H2,1-2H3,(H,10,11)(H,12,13)/t7-/m0/s1. The van der Waals surface area contributed by atoms with Crippen molar-refractivity contribution >= 4 is 11.9 Å². The summed E-state index contributed by atoms with van der Waals surface area (Å²) >= 11 is 0. The van der Waals surface area contributed by atoms with Crippen LogP contribution in [0.25, 0.3) is 0 Å². The maximum absolute atomic E-state index is 11.1. The van der Waals surface area contributed by atoms with Crippen molar-refractivity contribution in [3.63, 3.8) is 0 Å². The normalized spacial score (nSPS) is 12.2. The number of unbranched alkanes of at least 4 members (excludes halogenated alkanes) is 2. The molecule has 0 saturated heterocycles. The molecule has 13 heavy (non-hydrogen) atoms. The SMILES string of the molecule is CCCCCC(=O)N[C@@H](C)C(=O)O. The lowest BCUT2D eigenvalue weighted by atomic mass is 10.2. The number of rotatable bonds is 6. The van der Waals surface area contributed by atoms with E-state index in [4.69, 9.17) is 5.11 Å². The predicted octanol–water partition coefficient (Wildman–Crippen LogP) is 1.16. The maximum Gasteiger partial charge on any atom is 0.325 e. The Balaban J connectivity index is 3.56. The van der Waals surface area contributed by atoms with Crippen molar-refractivity contribution < 1.29 is 14.7 Å². The van der Waals surface area contributed by atoms with Crippen LogP contribution in [0.5, 0.6) is 0 Å². The highest BCUT2D eigenvalue weighted by Gasteiger charge is 2.12. The summed E-state index contributed by atoms with van der Waals surface area (Å²) in [7, 11) is 0. The molecule has 0 aliphatic rings. The van der Waals surface area contributed by atoms with Crippen LogP contribution in [0, 0.1) is 0 Å². The van der Waals surface area contributed by atoms with Gasteiger partial charge in [-0.15, -0.1) is 0 Å². The molecule has 0 radical (unpaired) electrons. The molecule has 0 rings (SSSR count). The molecule has 0 spiro atoms. The molecule has 0 aliphatic carbocycles. The predicted molar refractivity (Wildman–Crippen MR) is 49.4 cm³/mol. The van der Waals surface area contributed by atoms with E-state index >= 15 is 0 Å². The van der Waals surface area contributed by atoms with E-state index in [1.165, 1.54) is 6.92 Å². The van der Waals surface area contributed by atoms with Crippen LogP contribution in [0.1, 0.15) is 39.5 Å². The fourth-order valence-electron chi connectivity index (χ4n) is 0.911. The molecular formula is C9H17NO3. The summed E-state index contributed by atoms with van der Waals surface area (Å²) in [6.45, 7) is 3.51. The van der Waals surface area contributed by atoms with Crippen molar-refractivity contribution in [3.05, 3.63) is 0 Å². The van der Waals surface area contributed by atoms with Crippen LogP contribution in [0.2, 0.25) is 0 Å². The quantitative estimate of drug-likeness (QED) is 0.613. The van der Waals surface area contributed by atoms with Crippen LogP contribution in [0.15, 0.2) is 0 Å². The molecule has 1 amide bonds. The van der Waals surface area contributed by atoms with Gasteiger partial charge in [-0.2, -0.15) is 0 Å². The third kappa shape index (κ3) is 6.13. The van der Waals surface area contributed by atoms with E-state index in [1.807, 2.05) is 0 Å². The van der Waals surface area contributed by atoms with Crippen LogP contribution in [-0.2, 0) is 9.59 Å². The molecule has 0 unspecified atom stereocenters. The first-order valence-electron chi connectivity index (χ1n) is 4.60. The Hall–Kier alpha value is -1.06. The van der Waals surface area contributed by atoms with E-state index < -0.39 is 12.0 Å². The van der Waals surface area contributed by atoms with Crippen LogP contribution < -0.4 is 5.32 Å². The fraction of sp³-hybridized carbons (Fsp3) is 0.778. The summed E-state index contributed by atoms with van der Waals surface area (Å²) in [6.07, 6.45) is 3.32. The second-order valence-corrected chi connectivity index (χ2v) is 3.08. The number of nitrogens with one attached hydrogen (secondary N) is 1. The molecule has 1 atom stereocenters. The molecular weight excluding hydrogens is 170 g/mol. The first kappa shape index (κ1) is 11.9. The number of hydrogen-bond donors (Lipinski definition) is 2. The number of carbonyl (C=O) groups excluding carboxylic acids is 1. The van der Waals surface area contributed by atoms with E-state index in [1.54, 1.807) is 0 Å². The molecule has 4 heteroatoms. The monoisotopic (exact) mass is 187 g/mol. The third-order valence-corrected chi connectivity index (χ3v) is 1.76. The third-order valence-electron chi connectivity index (χ3n) is 1.76. The van der Waals surface area contributed by atoms with Gasteiger partial charge in [-0.05, 0) is 13.3 Å². The van der Waals surface area contributed by atoms with Gasteiger partial charge < -0.3 is 10.4 Å². The second-order valence-electron chi connectivity index (χ2n) is 3.08. The van der Waals surface area contributed by atoms with Crippen LogP contribution in [-0.4, -0.2) is 23.0 Å². The highest BCUT2D eigenvalue weighted by molar-refractivity contribution is 5.83. The first-order valence-corrected chi connectivity index (χ1v) is 4.60. The second kappa shape index (κ2) is 6.46.